The summed E-state index contributed by atoms with van der Waals surface area (Å²) in [5.74, 6) is 1.16. The SMILES string of the molecule is C=CC(=C=CC(C)(C)Cc1ccccc1)CCCCSc1ccccc1. The van der Waals surface area contributed by atoms with Crippen LogP contribution >= 0.6 is 11.8 Å². The van der Waals surface area contributed by atoms with Crippen LogP contribution in [0.3, 0.4) is 0 Å². The molecule has 0 amide bonds. The van der Waals surface area contributed by atoms with Gasteiger partial charge >= 0.3 is 0 Å². The van der Waals surface area contributed by atoms with Gasteiger partial charge in [-0.05, 0) is 66.2 Å². The molecule has 2 rings (SSSR count). The van der Waals surface area contributed by atoms with E-state index in [1.165, 1.54) is 28.9 Å². The molecular weight excluding hydrogens is 332 g/mol. The molecule has 0 radical (unpaired) electrons. The number of benzene rings is 2. The van der Waals surface area contributed by atoms with Gasteiger partial charge in [-0.25, -0.2) is 0 Å². The third-order valence-corrected chi connectivity index (χ3v) is 5.35. The zero-order valence-electron chi connectivity index (χ0n) is 16.1. The van der Waals surface area contributed by atoms with Crippen LogP contribution in [0.25, 0.3) is 0 Å². The standard InChI is InChI=1S/C25H30S/c1-4-22(13-11-12-20-26-24-16-9-6-10-17-24)18-19-25(2,3)21-23-14-7-5-8-15-23/h4-10,14-17,19H,1,11-13,20-21H2,2-3H3. The summed E-state index contributed by atoms with van der Waals surface area (Å²) >= 11 is 1.94. The van der Waals surface area contributed by atoms with Crippen LogP contribution in [0.4, 0.5) is 0 Å². The average Bonchev–Trinajstić information content (AvgIpc) is 2.65. The van der Waals surface area contributed by atoms with E-state index in [1.54, 1.807) is 0 Å². The van der Waals surface area contributed by atoms with Crippen LogP contribution in [0.15, 0.2) is 95.6 Å². The van der Waals surface area contributed by atoms with Crippen LogP contribution in [-0.4, -0.2) is 5.75 Å². The van der Waals surface area contributed by atoms with Crippen molar-refractivity contribution in [3.63, 3.8) is 0 Å². The first kappa shape index (κ1) is 20.4. The Bertz CT molecular complexity index is 719. The van der Waals surface area contributed by atoms with Gasteiger partial charge in [0.15, 0.2) is 0 Å². The molecule has 2 aromatic rings. The maximum Gasteiger partial charge on any atom is 0.00719 e. The summed E-state index contributed by atoms with van der Waals surface area (Å²) < 4.78 is 0. The number of allylic oxidation sites excluding steroid dienone is 2. The number of thioether (sulfide) groups is 1. The van der Waals surface area contributed by atoms with E-state index in [2.05, 4.69) is 92.9 Å². The Kier molecular flexibility index (Phi) is 8.54. The van der Waals surface area contributed by atoms with Crippen LogP contribution in [0.5, 0.6) is 0 Å². The smallest absolute Gasteiger partial charge is 0.00719 e. The third-order valence-electron chi connectivity index (χ3n) is 4.25. The molecule has 0 aliphatic carbocycles. The van der Waals surface area contributed by atoms with Crippen LogP contribution < -0.4 is 0 Å². The monoisotopic (exact) mass is 362 g/mol. The average molecular weight is 363 g/mol. The van der Waals surface area contributed by atoms with E-state index in [-0.39, 0.29) is 5.41 Å². The second kappa shape index (κ2) is 10.9. The predicted octanol–water partition coefficient (Wildman–Crippen LogP) is 7.49. The molecule has 26 heavy (non-hydrogen) atoms. The second-order valence-corrected chi connectivity index (χ2v) is 8.46. The number of rotatable bonds is 10. The van der Waals surface area contributed by atoms with Gasteiger partial charge in [0.25, 0.3) is 0 Å². The Balaban J connectivity index is 1.80. The largest absolute Gasteiger partial charge is 0.126 e. The topological polar surface area (TPSA) is 0 Å². The van der Waals surface area contributed by atoms with E-state index in [4.69, 9.17) is 0 Å². The van der Waals surface area contributed by atoms with Crippen molar-refractivity contribution in [2.75, 3.05) is 5.75 Å². The van der Waals surface area contributed by atoms with Crippen molar-refractivity contribution in [1.82, 2.24) is 0 Å². The first-order valence-electron chi connectivity index (χ1n) is 9.40. The highest BCUT2D eigenvalue weighted by Gasteiger charge is 2.14. The Morgan fingerprint density at radius 3 is 2.31 bits per heavy atom. The highest BCUT2D eigenvalue weighted by molar-refractivity contribution is 7.99. The van der Waals surface area contributed by atoms with Gasteiger partial charge in [-0.3, -0.25) is 0 Å². The van der Waals surface area contributed by atoms with Crippen LogP contribution in [0, 0.1) is 5.41 Å². The maximum atomic E-state index is 3.97. The Morgan fingerprint density at radius 2 is 1.65 bits per heavy atom. The highest BCUT2D eigenvalue weighted by atomic mass is 32.2. The summed E-state index contributed by atoms with van der Waals surface area (Å²) in [6.45, 7) is 8.50. The van der Waals surface area contributed by atoms with Crippen LogP contribution in [-0.2, 0) is 6.42 Å². The first-order chi connectivity index (χ1) is 12.6. The lowest BCUT2D eigenvalue weighted by molar-refractivity contribution is 0.478. The zero-order valence-corrected chi connectivity index (χ0v) is 16.9. The van der Waals surface area contributed by atoms with Crippen molar-refractivity contribution in [3.05, 3.63) is 96.3 Å². The van der Waals surface area contributed by atoms with Crippen molar-refractivity contribution < 1.29 is 0 Å². The summed E-state index contributed by atoms with van der Waals surface area (Å²) in [7, 11) is 0. The first-order valence-corrected chi connectivity index (χ1v) is 10.4. The molecule has 0 aliphatic heterocycles. The minimum absolute atomic E-state index is 0.0960. The molecular formula is C25H30S. The zero-order chi connectivity index (χ0) is 18.7. The van der Waals surface area contributed by atoms with Gasteiger partial charge in [-0.2, -0.15) is 0 Å². The van der Waals surface area contributed by atoms with E-state index in [0.29, 0.717) is 0 Å². The number of hydrogen-bond donors (Lipinski definition) is 0. The molecule has 0 saturated carbocycles. The quantitative estimate of drug-likeness (QED) is 0.183. The molecule has 0 heterocycles. The number of unbranched alkanes of at least 4 members (excludes halogenated alkanes) is 1. The molecule has 1 heteroatoms. The summed E-state index contributed by atoms with van der Waals surface area (Å²) in [4.78, 5) is 1.36. The molecule has 0 aliphatic rings. The molecule has 0 spiro atoms. The van der Waals surface area contributed by atoms with Gasteiger partial charge in [-0.15, -0.1) is 17.5 Å². The Labute approximate surface area is 163 Å². The van der Waals surface area contributed by atoms with Crippen LogP contribution in [0.2, 0.25) is 0 Å². The lowest BCUT2D eigenvalue weighted by Gasteiger charge is -2.19. The van der Waals surface area contributed by atoms with Crippen molar-refractivity contribution in [2.45, 2.75) is 44.4 Å². The fourth-order valence-corrected chi connectivity index (χ4v) is 3.75. The molecule has 0 bridgehead atoms. The molecule has 0 N–H and O–H groups in total. The van der Waals surface area contributed by atoms with Gasteiger partial charge < -0.3 is 0 Å². The molecule has 0 saturated heterocycles. The third kappa shape index (κ3) is 7.95. The highest BCUT2D eigenvalue weighted by Crippen LogP contribution is 2.24. The molecule has 0 atom stereocenters. The van der Waals surface area contributed by atoms with Crippen molar-refractivity contribution in [1.29, 1.82) is 0 Å². The Hall–Kier alpha value is -1.95. The molecule has 0 fully saturated rings. The van der Waals surface area contributed by atoms with Gasteiger partial charge in [0.1, 0.15) is 0 Å². The molecule has 2 aromatic carbocycles. The summed E-state index contributed by atoms with van der Waals surface area (Å²) in [6, 6.07) is 21.3. The van der Waals surface area contributed by atoms with E-state index in [0.717, 1.165) is 18.6 Å². The lowest BCUT2D eigenvalue weighted by Crippen LogP contribution is -2.10. The number of hydrogen-bond acceptors (Lipinski definition) is 1. The van der Waals surface area contributed by atoms with Gasteiger partial charge in [0, 0.05) is 4.90 Å². The van der Waals surface area contributed by atoms with E-state index in [9.17, 15) is 0 Å². The minimum Gasteiger partial charge on any atom is -0.126 e. The van der Waals surface area contributed by atoms with Crippen LogP contribution in [0.1, 0.15) is 38.7 Å². The van der Waals surface area contributed by atoms with Crippen molar-refractivity contribution >= 4 is 11.8 Å². The van der Waals surface area contributed by atoms with Crippen molar-refractivity contribution in [3.8, 4) is 0 Å². The van der Waals surface area contributed by atoms with Crippen molar-refractivity contribution in [2.24, 2.45) is 5.41 Å². The molecule has 0 nitrogen and oxygen atoms in total. The van der Waals surface area contributed by atoms with Gasteiger partial charge in [0.2, 0.25) is 0 Å². The summed E-state index contributed by atoms with van der Waals surface area (Å²) in [5.41, 5.74) is 6.19. The maximum absolute atomic E-state index is 3.97. The normalized spacial score (nSPS) is 10.8. The van der Waals surface area contributed by atoms with Gasteiger partial charge in [0.05, 0.1) is 0 Å². The molecule has 0 aromatic heterocycles. The lowest BCUT2D eigenvalue weighted by atomic mass is 9.85. The van der Waals surface area contributed by atoms with E-state index in [1.807, 2.05) is 17.8 Å². The summed E-state index contributed by atoms with van der Waals surface area (Å²) in [6.07, 6.45) is 8.65. The van der Waals surface area contributed by atoms with E-state index >= 15 is 0 Å². The van der Waals surface area contributed by atoms with Gasteiger partial charge in [-0.1, -0.05) is 75.0 Å². The van der Waals surface area contributed by atoms with E-state index < -0.39 is 0 Å². The predicted molar refractivity (Wildman–Crippen MR) is 117 cm³/mol. The Morgan fingerprint density at radius 1 is 1.00 bits per heavy atom. The molecule has 0 unspecified atom stereocenters. The fraction of sp³-hybridized carbons (Fsp3) is 0.320. The molecule has 136 valence electrons. The second-order valence-electron chi connectivity index (χ2n) is 7.29. The summed E-state index contributed by atoms with van der Waals surface area (Å²) in [5, 5.41) is 0. The minimum atomic E-state index is 0.0960. The fourth-order valence-electron chi connectivity index (χ4n) is 2.82.